The highest BCUT2D eigenvalue weighted by Crippen LogP contribution is 2.38. The van der Waals surface area contributed by atoms with Crippen molar-refractivity contribution in [2.75, 3.05) is 24.5 Å². The van der Waals surface area contributed by atoms with E-state index in [9.17, 15) is 0 Å². The number of benzene rings is 1. The second-order valence-electron chi connectivity index (χ2n) is 7.62. The number of rotatable bonds is 4. The lowest BCUT2D eigenvalue weighted by Crippen LogP contribution is -2.47. The summed E-state index contributed by atoms with van der Waals surface area (Å²) in [4.78, 5) is 22.7. The number of piperidine rings is 1. The average Bonchev–Trinajstić information content (AvgIpc) is 3.29. The average molecular weight is 385 g/mol. The summed E-state index contributed by atoms with van der Waals surface area (Å²) in [7, 11) is 0. The lowest BCUT2D eigenvalue weighted by atomic mass is 9.72. The van der Waals surface area contributed by atoms with Crippen LogP contribution in [0.1, 0.15) is 18.4 Å². The van der Waals surface area contributed by atoms with E-state index in [-0.39, 0.29) is 5.41 Å². The van der Waals surface area contributed by atoms with Crippen molar-refractivity contribution in [3.8, 4) is 11.1 Å². The van der Waals surface area contributed by atoms with Gasteiger partial charge in [0.2, 0.25) is 0 Å². The Morgan fingerprint density at radius 2 is 1.83 bits per heavy atom. The SMILES string of the molecule is NCC1(c2cccc(-c3cncnc3)c2)CCN(c2ncnc3[nH]ccc23)CC1. The summed E-state index contributed by atoms with van der Waals surface area (Å²) in [5.41, 5.74) is 10.6. The molecule has 7 nitrogen and oxygen atoms in total. The number of hydrogen-bond donors (Lipinski definition) is 2. The van der Waals surface area contributed by atoms with Crippen molar-refractivity contribution in [3.63, 3.8) is 0 Å². The first-order valence-electron chi connectivity index (χ1n) is 9.88. The molecule has 0 unspecified atom stereocenters. The Labute approximate surface area is 169 Å². The molecule has 0 atom stereocenters. The fourth-order valence-electron chi connectivity index (χ4n) is 4.34. The summed E-state index contributed by atoms with van der Waals surface area (Å²) in [6.45, 7) is 2.44. The fourth-order valence-corrected chi connectivity index (χ4v) is 4.34. The van der Waals surface area contributed by atoms with E-state index in [1.165, 1.54) is 5.56 Å². The normalized spacial score (nSPS) is 16.2. The van der Waals surface area contributed by atoms with Gasteiger partial charge in [-0.25, -0.2) is 19.9 Å². The molecule has 7 heteroatoms. The lowest BCUT2D eigenvalue weighted by molar-refractivity contribution is 0.339. The van der Waals surface area contributed by atoms with Crippen molar-refractivity contribution in [1.82, 2.24) is 24.9 Å². The van der Waals surface area contributed by atoms with Gasteiger partial charge in [-0.3, -0.25) is 0 Å². The second-order valence-corrected chi connectivity index (χ2v) is 7.62. The number of aromatic nitrogens is 5. The van der Waals surface area contributed by atoms with Crippen LogP contribution in [0.2, 0.25) is 0 Å². The molecule has 29 heavy (non-hydrogen) atoms. The number of anilines is 1. The number of nitrogens with zero attached hydrogens (tertiary/aromatic N) is 5. The second kappa shape index (κ2) is 7.25. The van der Waals surface area contributed by atoms with Crippen LogP contribution in [0.5, 0.6) is 0 Å². The van der Waals surface area contributed by atoms with Gasteiger partial charge in [-0.2, -0.15) is 0 Å². The van der Waals surface area contributed by atoms with Gasteiger partial charge >= 0.3 is 0 Å². The van der Waals surface area contributed by atoms with Gasteiger partial charge in [0.15, 0.2) is 0 Å². The molecule has 0 bridgehead atoms. The highest BCUT2D eigenvalue weighted by molar-refractivity contribution is 5.87. The molecule has 1 fully saturated rings. The van der Waals surface area contributed by atoms with Crippen LogP contribution in [0.3, 0.4) is 0 Å². The van der Waals surface area contributed by atoms with Crippen molar-refractivity contribution in [2.45, 2.75) is 18.3 Å². The van der Waals surface area contributed by atoms with Gasteiger partial charge in [0.1, 0.15) is 24.1 Å². The van der Waals surface area contributed by atoms with Gasteiger partial charge in [0, 0.05) is 49.2 Å². The van der Waals surface area contributed by atoms with E-state index >= 15 is 0 Å². The Balaban J connectivity index is 1.42. The Kier molecular flexibility index (Phi) is 4.44. The first-order valence-corrected chi connectivity index (χ1v) is 9.88. The molecular formula is C22H23N7. The van der Waals surface area contributed by atoms with Crippen LogP contribution in [0.4, 0.5) is 5.82 Å². The molecule has 1 aliphatic heterocycles. The van der Waals surface area contributed by atoms with Crippen LogP contribution in [-0.4, -0.2) is 44.6 Å². The monoisotopic (exact) mass is 385 g/mol. The summed E-state index contributed by atoms with van der Waals surface area (Å²) in [6.07, 6.45) is 10.8. The van der Waals surface area contributed by atoms with E-state index in [4.69, 9.17) is 5.73 Å². The predicted octanol–water partition coefficient (Wildman–Crippen LogP) is 2.91. The first kappa shape index (κ1) is 17.8. The molecule has 0 spiro atoms. The molecule has 1 aromatic carbocycles. The molecule has 146 valence electrons. The topological polar surface area (TPSA) is 96.6 Å². The van der Waals surface area contributed by atoms with Crippen LogP contribution in [0.25, 0.3) is 22.2 Å². The molecule has 0 aliphatic carbocycles. The summed E-state index contributed by atoms with van der Waals surface area (Å²) < 4.78 is 0. The predicted molar refractivity (Wildman–Crippen MR) is 114 cm³/mol. The molecular weight excluding hydrogens is 362 g/mol. The van der Waals surface area contributed by atoms with Gasteiger partial charge in [-0.05, 0) is 30.0 Å². The largest absolute Gasteiger partial charge is 0.356 e. The Morgan fingerprint density at radius 3 is 2.62 bits per heavy atom. The molecule has 3 N–H and O–H groups in total. The van der Waals surface area contributed by atoms with Crippen molar-refractivity contribution >= 4 is 16.9 Å². The standard InChI is InChI=1S/C22H23N7/c23-13-22(18-3-1-2-16(10-18)17-11-24-14-25-12-17)5-8-29(9-6-22)21-19-4-7-26-20(19)27-15-28-21/h1-4,7,10-12,14-15H,5-6,8-9,13,23H2,(H,26,27,28). The van der Waals surface area contributed by atoms with Gasteiger partial charge in [0.05, 0.1) is 5.39 Å². The minimum Gasteiger partial charge on any atom is -0.356 e. The van der Waals surface area contributed by atoms with E-state index in [2.05, 4.69) is 54.1 Å². The molecule has 0 amide bonds. The van der Waals surface area contributed by atoms with Crippen molar-refractivity contribution < 1.29 is 0 Å². The summed E-state index contributed by atoms with van der Waals surface area (Å²) >= 11 is 0. The molecule has 0 saturated carbocycles. The number of H-pyrrole nitrogens is 1. The molecule has 5 rings (SSSR count). The quantitative estimate of drug-likeness (QED) is 0.561. The van der Waals surface area contributed by atoms with Crippen LogP contribution in [-0.2, 0) is 5.41 Å². The van der Waals surface area contributed by atoms with E-state index in [1.54, 1.807) is 12.7 Å². The zero-order valence-electron chi connectivity index (χ0n) is 16.1. The maximum Gasteiger partial charge on any atom is 0.142 e. The highest BCUT2D eigenvalue weighted by Gasteiger charge is 2.36. The zero-order chi connectivity index (χ0) is 19.7. The van der Waals surface area contributed by atoms with Crippen molar-refractivity contribution in [1.29, 1.82) is 0 Å². The van der Waals surface area contributed by atoms with Gasteiger partial charge in [-0.1, -0.05) is 24.3 Å². The van der Waals surface area contributed by atoms with E-state index < -0.39 is 0 Å². The zero-order valence-corrected chi connectivity index (χ0v) is 16.1. The minimum atomic E-state index is -0.0353. The number of aromatic amines is 1. The molecule has 4 aromatic rings. The van der Waals surface area contributed by atoms with Gasteiger partial charge < -0.3 is 15.6 Å². The summed E-state index contributed by atoms with van der Waals surface area (Å²) in [5, 5.41) is 1.07. The number of fused-ring (bicyclic) bond motifs is 1. The summed E-state index contributed by atoms with van der Waals surface area (Å²) in [6, 6.07) is 10.7. The number of nitrogens with two attached hydrogens (primary N) is 1. The van der Waals surface area contributed by atoms with Crippen LogP contribution >= 0.6 is 0 Å². The smallest absolute Gasteiger partial charge is 0.142 e. The maximum absolute atomic E-state index is 6.34. The highest BCUT2D eigenvalue weighted by atomic mass is 15.2. The molecule has 0 radical (unpaired) electrons. The maximum atomic E-state index is 6.34. The molecule has 3 aromatic heterocycles. The van der Waals surface area contributed by atoms with Crippen LogP contribution in [0, 0.1) is 0 Å². The lowest BCUT2D eigenvalue weighted by Gasteiger charge is -2.42. The van der Waals surface area contributed by atoms with Crippen molar-refractivity contribution in [2.24, 2.45) is 5.73 Å². The third kappa shape index (κ3) is 3.13. The Bertz CT molecular complexity index is 1110. The van der Waals surface area contributed by atoms with Gasteiger partial charge in [0.25, 0.3) is 0 Å². The molecule has 1 aliphatic rings. The van der Waals surface area contributed by atoms with E-state index in [1.807, 2.05) is 24.7 Å². The Morgan fingerprint density at radius 1 is 1.00 bits per heavy atom. The molecule has 1 saturated heterocycles. The number of nitrogens with one attached hydrogen (secondary N) is 1. The fraction of sp³-hybridized carbons (Fsp3) is 0.273. The molecule has 4 heterocycles. The van der Waals surface area contributed by atoms with Crippen LogP contribution in [0.15, 0.2) is 61.6 Å². The van der Waals surface area contributed by atoms with Crippen molar-refractivity contribution in [3.05, 3.63) is 67.1 Å². The minimum absolute atomic E-state index is 0.0353. The third-order valence-electron chi connectivity index (χ3n) is 6.11. The van der Waals surface area contributed by atoms with E-state index in [0.717, 1.165) is 53.9 Å². The number of hydrogen-bond acceptors (Lipinski definition) is 6. The third-order valence-corrected chi connectivity index (χ3v) is 6.11. The Hall–Kier alpha value is -3.32. The first-order chi connectivity index (χ1) is 14.3. The van der Waals surface area contributed by atoms with Crippen LogP contribution < -0.4 is 10.6 Å². The van der Waals surface area contributed by atoms with Gasteiger partial charge in [-0.15, -0.1) is 0 Å². The van der Waals surface area contributed by atoms with E-state index in [0.29, 0.717) is 6.54 Å². The summed E-state index contributed by atoms with van der Waals surface area (Å²) in [5.74, 6) is 0.997.